The average molecular weight is 321 g/mol. The summed E-state index contributed by atoms with van der Waals surface area (Å²) in [5, 5.41) is 1.72. The van der Waals surface area contributed by atoms with Crippen molar-refractivity contribution >= 4 is 8.80 Å². The summed E-state index contributed by atoms with van der Waals surface area (Å²) in [6.45, 7) is 4.80. The molecular weight excluding hydrogens is 310 g/mol. The van der Waals surface area contributed by atoms with E-state index in [0.29, 0.717) is 0 Å². The molecule has 5 heteroatoms. The van der Waals surface area contributed by atoms with Crippen LogP contribution in [0, 0.1) is 0 Å². The van der Waals surface area contributed by atoms with Gasteiger partial charge in [0.25, 0.3) is 0 Å². The first kappa shape index (κ1) is 19.1. The SMILES string of the molecule is C[SiH](C)C1=[C]([Zr+3])CC=C1.[Cl-].[Cl-].[Cl-]. The molecule has 0 aliphatic heterocycles. The second-order valence-electron chi connectivity index (χ2n) is 2.70. The molecule has 12 heavy (non-hydrogen) atoms. The van der Waals surface area contributed by atoms with Gasteiger partial charge in [0.2, 0.25) is 0 Å². The summed E-state index contributed by atoms with van der Waals surface area (Å²) < 4.78 is 1.70. The zero-order chi connectivity index (χ0) is 6.85. The fourth-order valence-corrected chi connectivity index (χ4v) is 5.02. The zero-order valence-corrected chi connectivity index (χ0v) is 13.0. The fraction of sp³-hybridized carbons (Fsp3) is 0.429. The Kier molecular flexibility index (Phi) is 14.4. The van der Waals surface area contributed by atoms with Gasteiger partial charge in [-0.15, -0.1) is 0 Å². The van der Waals surface area contributed by atoms with Crippen molar-refractivity contribution in [2.24, 2.45) is 0 Å². The zero-order valence-electron chi connectivity index (χ0n) is 7.07. The van der Waals surface area contributed by atoms with E-state index in [1.165, 1.54) is 6.42 Å². The Morgan fingerprint density at radius 3 is 1.92 bits per heavy atom. The first-order chi connectivity index (χ1) is 4.22. The van der Waals surface area contributed by atoms with Crippen molar-refractivity contribution in [2.45, 2.75) is 19.5 Å². The van der Waals surface area contributed by atoms with Crippen LogP contribution in [-0.2, 0) is 24.7 Å². The third kappa shape index (κ3) is 5.24. The maximum atomic E-state index is 2.40. The molecule has 1 aliphatic carbocycles. The van der Waals surface area contributed by atoms with Crippen molar-refractivity contribution in [1.82, 2.24) is 0 Å². The Morgan fingerprint density at radius 1 is 1.25 bits per heavy atom. The molecule has 0 heterocycles. The molecule has 0 aromatic rings. The summed E-state index contributed by atoms with van der Waals surface area (Å²) >= 11 is 1.63. The van der Waals surface area contributed by atoms with E-state index in [-0.39, 0.29) is 37.2 Å². The normalized spacial score (nSPS) is 13.8. The minimum absolute atomic E-state index is 0. The van der Waals surface area contributed by atoms with Gasteiger partial charge >= 0.3 is 73.7 Å². The van der Waals surface area contributed by atoms with E-state index in [0.717, 1.165) is 0 Å². The molecule has 0 saturated heterocycles. The Bertz CT molecular complexity index is 177. The van der Waals surface area contributed by atoms with E-state index in [1.807, 2.05) is 0 Å². The third-order valence-electron chi connectivity index (χ3n) is 1.59. The van der Waals surface area contributed by atoms with Gasteiger partial charge in [-0.2, -0.15) is 0 Å². The van der Waals surface area contributed by atoms with Crippen LogP contribution in [0.4, 0.5) is 0 Å². The molecular formula is C7H11Cl3SiZr. The van der Waals surface area contributed by atoms with Gasteiger partial charge in [-0.25, -0.2) is 0 Å². The van der Waals surface area contributed by atoms with E-state index in [4.69, 9.17) is 0 Å². The molecule has 0 N–H and O–H groups in total. The molecule has 0 atom stereocenters. The van der Waals surface area contributed by atoms with Crippen LogP contribution in [0.5, 0.6) is 0 Å². The molecule has 0 spiro atoms. The Morgan fingerprint density at radius 2 is 1.75 bits per heavy atom. The van der Waals surface area contributed by atoms with Crippen LogP contribution >= 0.6 is 0 Å². The molecule has 0 unspecified atom stereocenters. The van der Waals surface area contributed by atoms with Gasteiger partial charge in [0.05, 0.1) is 0 Å². The van der Waals surface area contributed by atoms with Gasteiger partial charge in [0.1, 0.15) is 0 Å². The largest absolute Gasteiger partial charge is 1.00 e. The third-order valence-corrected chi connectivity index (χ3v) is 5.30. The van der Waals surface area contributed by atoms with Crippen LogP contribution in [0.15, 0.2) is 20.6 Å². The average Bonchev–Trinajstić information content (AvgIpc) is 2.13. The van der Waals surface area contributed by atoms with Crippen molar-refractivity contribution in [1.29, 1.82) is 0 Å². The van der Waals surface area contributed by atoms with E-state index in [2.05, 4.69) is 25.2 Å². The van der Waals surface area contributed by atoms with Gasteiger partial charge in [0.15, 0.2) is 0 Å². The molecule has 0 fully saturated rings. The van der Waals surface area contributed by atoms with Crippen LogP contribution < -0.4 is 37.2 Å². The Balaban J connectivity index is -0.000000270. The topological polar surface area (TPSA) is 0 Å². The molecule has 0 aromatic carbocycles. The molecule has 0 aromatic heterocycles. The summed E-state index contributed by atoms with van der Waals surface area (Å²) in [4.78, 5) is 0. The van der Waals surface area contributed by atoms with Crippen LogP contribution in [0.25, 0.3) is 0 Å². The van der Waals surface area contributed by atoms with Crippen molar-refractivity contribution in [3.05, 3.63) is 20.6 Å². The number of halogens is 3. The van der Waals surface area contributed by atoms with Crippen molar-refractivity contribution in [3.63, 3.8) is 0 Å². The van der Waals surface area contributed by atoms with Gasteiger partial charge in [-0.05, 0) is 0 Å². The molecule has 0 nitrogen and oxygen atoms in total. The van der Waals surface area contributed by atoms with Gasteiger partial charge in [-0.3, -0.25) is 0 Å². The fourth-order valence-electron chi connectivity index (χ4n) is 1.06. The molecule has 0 saturated carbocycles. The smallest absolute Gasteiger partial charge is 1.00 e. The number of hydrogen-bond acceptors (Lipinski definition) is 0. The Labute approximate surface area is 110 Å². The molecule has 1 rings (SSSR count). The van der Waals surface area contributed by atoms with E-state index >= 15 is 0 Å². The molecule has 0 radical (unpaired) electrons. The van der Waals surface area contributed by atoms with E-state index in [9.17, 15) is 0 Å². The number of rotatable bonds is 1. The van der Waals surface area contributed by atoms with Crippen LogP contribution in [0.1, 0.15) is 6.42 Å². The van der Waals surface area contributed by atoms with Crippen LogP contribution in [-0.4, -0.2) is 8.80 Å². The summed E-state index contributed by atoms with van der Waals surface area (Å²) in [5.41, 5.74) is 0. The molecule has 68 valence electrons. The van der Waals surface area contributed by atoms with Gasteiger partial charge in [-0.1, -0.05) is 0 Å². The Hall–Kier alpha value is 1.45. The van der Waals surface area contributed by atoms with Crippen LogP contribution in [0.3, 0.4) is 0 Å². The number of allylic oxidation sites excluding steroid dienone is 4. The number of hydrogen-bond donors (Lipinski definition) is 0. The van der Waals surface area contributed by atoms with E-state index in [1.54, 1.807) is 33.2 Å². The minimum atomic E-state index is -0.466. The standard InChI is InChI=1S/C7H11Si.3ClH.Zr/c1-8(2)7-5-3-4-6-7;;;;/h3,5,8H,4H2,1-2H3;3*1H;/q;;;;+3/p-3. The van der Waals surface area contributed by atoms with Crippen molar-refractivity contribution in [2.75, 3.05) is 0 Å². The van der Waals surface area contributed by atoms with Crippen molar-refractivity contribution in [3.8, 4) is 0 Å². The van der Waals surface area contributed by atoms with Crippen molar-refractivity contribution < 1.29 is 61.9 Å². The summed E-state index contributed by atoms with van der Waals surface area (Å²) in [6.07, 6.45) is 5.88. The maximum absolute atomic E-state index is 2.40. The molecule has 1 aliphatic rings. The quantitative estimate of drug-likeness (QED) is 0.421. The van der Waals surface area contributed by atoms with E-state index < -0.39 is 8.80 Å². The first-order valence-electron chi connectivity index (χ1n) is 3.33. The maximum Gasteiger partial charge on any atom is -1.00 e. The minimum Gasteiger partial charge on any atom is -1.00 e. The first-order valence-corrected chi connectivity index (χ1v) is 7.44. The summed E-state index contributed by atoms with van der Waals surface area (Å²) in [5.74, 6) is 0. The second-order valence-corrected chi connectivity index (χ2v) is 7.11. The second kappa shape index (κ2) is 9.02. The summed E-state index contributed by atoms with van der Waals surface area (Å²) in [7, 11) is -0.466. The predicted molar refractivity (Wildman–Crippen MR) is 39.7 cm³/mol. The monoisotopic (exact) mass is 318 g/mol. The van der Waals surface area contributed by atoms with Gasteiger partial charge in [0, 0.05) is 0 Å². The predicted octanol–water partition coefficient (Wildman–Crippen LogP) is -7.21. The molecule has 0 amide bonds. The van der Waals surface area contributed by atoms with Crippen LogP contribution in [0.2, 0.25) is 13.1 Å². The summed E-state index contributed by atoms with van der Waals surface area (Å²) in [6, 6.07) is 0. The molecule has 0 bridgehead atoms. The van der Waals surface area contributed by atoms with Gasteiger partial charge < -0.3 is 37.2 Å².